The molecular formula is C18H17N5OS. The summed E-state index contributed by atoms with van der Waals surface area (Å²) in [5.41, 5.74) is 3.77. The van der Waals surface area contributed by atoms with Gasteiger partial charge in [-0.05, 0) is 12.0 Å². The van der Waals surface area contributed by atoms with Crippen molar-refractivity contribution in [3.8, 4) is 0 Å². The van der Waals surface area contributed by atoms with Gasteiger partial charge < -0.3 is 4.98 Å². The van der Waals surface area contributed by atoms with Crippen LogP contribution in [-0.4, -0.2) is 36.3 Å². The Morgan fingerprint density at radius 1 is 1.28 bits per heavy atom. The van der Waals surface area contributed by atoms with Gasteiger partial charge in [0.05, 0.1) is 17.3 Å². The number of nitrogens with one attached hydrogen (secondary N) is 1. The second kappa shape index (κ2) is 6.33. The number of ketones is 1. The maximum absolute atomic E-state index is 12.7. The predicted octanol–water partition coefficient (Wildman–Crippen LogP) is 3.38. The van der Waals surface area contributed by atoms with Crippen LogP contribution in [0.25, 0.3) is 21.9 Å². The van der Waals surface area contributed by atoms with Gasteiger partial charge in [0.25, 0.3) is 0 Å². The number of nitrogens with zero attached hydrogens (tertiary/aromatic N) is 4. The average molecular weight is 351 g/mol. The van der Waals surface area contributed by atoms with Crippen molar-refractivity contribution in [2.24, 2.45) is 7.05 Å². The molecule has 126 valence electrons. The normalized spacial score (nSPS) is 11.4. The predicted molar refractivity (Wildman–Crippen MR) is 99.0 cm³/mol. The van der Waals surface area contributed by atoms with Gasteiger partial charge in [-0.15, -0.1) is 0 Å². The molecule has 0 aliphatic heterocycles. The van der Waals surface area contributed by atoms with E-state index < -0.39 is 0 Å². The third-order valence-electron chi connectivity index (χ3n) is 4.32. The van der Waals surface area contributed by atoms with Gasteiger partial charge in [0.15, 0.2) is 11.4 Å². The van der Waals surface area contributed by atoms with Crippen LogP contribution < -0.4 is 0 Å². The third-order valence-corrected chi connectivity index (χ3v) is 5.32. The fourth-order valence-corrected chi connectivity index (χ4v) is 3.85. The van der Waals surface area contributed by atoms with E-state index in [0.29, 0.717) is 5.75 Å². The Morgan fingerprint density at radius 3 is 3.00 bits per heavy atom. The lowest BCUT2D eigenvalue weighted by molar-refractivity contribution is 0.102. The highest BCUT2D eigenvalue weighted by atomic mass is 32.2. The molecule has 1 N–H and O–H groups in total. The van der Waals surface area contributed by atoms with Crippen molar-refractivity contribution in [3.63, 3.8) is 0 Å². The highest BCUT2D eigenvalue weighted by Crippen LogP contribution is 2.27. The molecule has 0 fully saturated rings. The molecule has 0 bridgehead atoms. The molecule has 0 radical (unpaired) electrons. The molecule has 0 aliphatic carbocycles. The molecule has 0 amide bonds. The summed E-state index contributed by atoms with van der Waals surface area (Å²) in [6.07, 6.45) is 5.99. The van der Waals surface area contributed by atoms with Crippen molar-refractivity contribution >= 4 is 39.5 Å². The summed E-state index contributed by atoms with van der Waals surface area (Å²) >= 11 is 1.42. The summed E-state index contributed by atoms with van der Waals surface area (Å²) in [6.45, 7) is 2.11. The van der Waals surface area contributed by atoms with E-state index in [1.54, 1.807) is 10.9 Å². The molecule has 0 saturated carbocycles. The molecule has 0 unspecified atom stereocenters. The number of hydrogen-bond acceptors (Lipinski definition) is 5. The standard InChI is InChI=1S/C18H17N5OS/c1-3-11-5-4-6-12-13(7-19-16(11)12)15(24)9-25-18-14-8-22-23(2)17(14)20-10-21-18/h4-8,10,19H,3,9H2,1-2H3. The van der Waals surface area contributed by atoms with Crippen LogP contribution in [-0.2, 0) is 13.5 Å². The lowest BCUT2D eigenvalue weighted by Crippen LogP contribution is -2.02. The number of benzene rings is 1. The lowest BCUT2D eigenvalue weighted by atomic mass is 10.1. The molecule has 0 aliphatic rings. The first-order chi connectivity index (χ1) is 12.2. The summed E-state index contributed by atoms with van der Waals surface area (Å²) in [4.78, 5) is 24.5. The maximum Gasteiger partial charge on any atom is 0.175 e. The van der Waals surface area contributed by atoms with E-state index in [-0.39, 0.29) is 5.78 Å². The summed E-state index contributed by atoms with van der Waals surface area (Å²) < 4.78 is 1.70. The van der Waals surface area contributed by atoms with Gasteiger partial charge in [0.2, 0.25) is 0 Å². The van der Waals surface area contributed by atoms with E-state index in [4.69, 9.17) is 0 Å². The van der Waals surface area contributed by atoms with Crippen LogP contribution in [0.1, 0.15) is 22.8 Å². The topological polar surface area (TPSA) is 76.5 Å². The second-order valence-electron chi connectivity index (χ2n) is 5.79. The van der Waals surface area contributed by atoms with Crippen LogP contribution in [0.5, 0.6) is 0 Å². The SMILES string of the molecule is CCc1cccc2c(C(=O)CSc3ncnc4c3cnn4C)c[nH]c12. The number of aromatic amines is 1. The zero-order valence-corrected chi connectivity index (χ0v) is 14.8. The minimum Gasteiger partial charge on any atom is -0.360 e. The molecule has 6 nitrogen and oxygen atoms in total. The van der Waals surface area contributed by atoms with Gasteiger partial charge in [0, 0.05) is 29.7 Å². The Bertz CT molecular complexity index is 1080. The van der Waals surface area contributed by atoms with Gasteiger partial charge in [-0.25, -0.2) is 9.97 Å². The number of rotatable bonds is 5. The molecule has 0 atom stereocenters. The zero-order chi connectivity index (χ0) is 17.4. The van der Waals surface area contributed by atoms with Crippen molar-refractivity contribution < 1.29 is 4.79 Å². The van der Waals surface area contributed by atoms with Gasteiger partial charge in [0.1, 0.15) is 11.4 Å². The van der Waals surface area contributed by atoms with Crippen LogP contribution >= 0.6 is 11.8 Å². The van der Waals surface area contributed by atoms with Gasteiger partial charge in [-0.2, -0.15) is 5.10 Å². The zero-order valence-electron chi connectivity index (χ0n) is 14.0. The average Bonchev–Trinajstić information content (AvgIpc) is 3.24. The second-order valence-corrected chi connectivity index (χ2v) is 6.76. The van der Waals surface area contributed by atoms with E-state index >= 15 is 0 Å². The fourth-order valence-electron chi connectivity index (χ4n) is 3.01. The number of aryl methyl sites for hydroxylation is 2. The summed E-state index contributed by atoms with van der Waals surface area (Å²) in [5.74, 6) is 0.407. The van der Waals surface area contributed by atoms with Crippen LogP contribution in [0.4, 0.5) is 0 Å². The quantitative estimate of drug-likeness (QED) is 0.339. The molecule has 25 heavy (non-hydrogen) atoms. The van der Waals surface area contributed by atoms with E-state index in [2.05, 4.69) is 33.0 Å². The van der Waals surface area contributed by atoms with Crippen molar-refractivity contribution in [2.75, 3.05) is 5.75 Å². The summed E-state index contributed by atoms with van der Waals surface area (Å²) in [6, 6.07) is 6.08. The van der Waals surface area contributed by atoms with Crippen LogP contribution in [0, 0.1) is 0 Å². The monoisotopic (exact) mass is 351 g/mol. The molecule has 0 spiro atoms. The Kier molecular flexibility index (Phi) is 4.01. The number of carbonyl (C=O) groups excluding carboxylic acids is 1. The Labute approximate surface area is 148 Å². The highest BCUT2D eigenvalue weighted by molar-refractivity contribution is 8.00. The van der Waals surface area contributed by atoms with Crippen LogP contribution in [0.2, 0.25) is 0 Å². The molecular weight excluding hydrogens is 334 g/mol. The number of Topliss-reactive ketones (excluding diaryl/α,β-unsaturated/α-hetero) is 1. The minimum atomic E-state index is 0.0835. The number of aromatic nitrogens is 5. The number of hydrogen-bond donors (Lipinski definition) is 1. The van der Waals surface area contributed by atoms with Crippen LogP contribution in [0.15, 0.2) is 41.9 Å². The molecule has 3 aromatic heterocycles. The first-order valence-electron chi connectivity index (χ1n) is 8.06. The largest absolute Gasteiger partial charge is 0.360 e. The number of thioether (sulfide) groups is 1. The van der Waals surface area contributed by atoms with Gasteiger partial charge in [-0.1, -0.05) is 36.9 Å². The van der Waals surface area contributed by atoms with Crippen molar-refractivity contribution in [2.45, 2.75) is 18.4 Å². The Hall–Kier alpha value is -2.67. The summed E-state index contributed by atoms with van der Waals surface area (Å²) in [5, 5.41) is 6.84. The maximum atomic E-state index is 12.7. The van der Waals surface area contributed by atoms with E-state index in [1.807, 2.05) is 25.4 Å². The van der Waals surface area contributed by atoms with Gasteiger partial charge in [-0.3, -0.25) is 9.48 Å². The van der Waals surface area contributed by atoms with Gasteiger partial charge >= 0.3 is 0 Å². The smallest absolute Gasteiger partial charge is 0.175 e. The Balaban J connectivity index is 1.60. The molecule has 4 aromatic rings. The van der Waals surface area contributed by atoms with E-state index in [0.717, 1.165) is 38.9 Å². The first-order valence-corrected chi connectivity index (χ1v) is 9.05. The molecule has 3 heterocycles. The number of fused-ring (bicyclic) bond motifs is 2. The Morgan fingerprint density at radius 2 is 2.16 bits per heavy atom. The van der Waals surface area contributed by atoms with Crippen molar-refractivity contribution in [3.05, 3.63) is 48.0 Å². The first kappa shape index (κ1) is 15.8. The highest BCUT2D eigenvalue weighted by Gasteiger charge is 2.15. The fraction of sp³-hybridized carbons (Fsp3) is 0.222. The van der Waals surface area contributed by atoms with E-state index in [1.165, 1.54) is 23.7 Å². The molecule has 7 heteroatoms. The molecule has 1 aromatic carbocycles. The van der Waals surface area contributed by atoms with Crippen LogP contribution in [0.3, 0.4) is 0 Å². The van der Waals surface area contributed by atoms with Crippen molar-refractivity contribution in [1.82, 2.24) is 24.7 Å². The van der Waals surface area contributed by atoms with E-state index in [9.17, 15) is 4.79 Å². The number of carbonyl (C=O) groups is 1. The molecule has 0 saturated heterocycles. The molecule has 4 rings (SSSR count). The van der Waals surface area contributed by atoms with Crippen molar-refractivity contribution in [1.29, 1.82) is 0 Å². The third kappa shape index (κ3) is 2.70. The minimum absolute atomic E-state index is 0.0835. The summed E-state index contributed by atoms with van der Waals surface area (Å²) in [7, 11) is 1.84. The lowest BCUT2D eigenvalue weighted by Gasteiger charge is -2.03. The number of para-hydroxylation sites is 1. The number of H-pyrrole nitrogens is 1.